The van der Waals surface area contributed by atoms with E-state index < -0.39 is 0 Å². The van der Waals surface area contributed by atoms with Crippen molar-refractivity contribution in [1.29, 1.82) is 0 Å². The first-order valence-corrected chi connectivity index (χ1v) is 28.9. The average Bonchev–Trinajstić information content (AvgIpc) is 3.81. The molecule has 1 heterocycles. The topological polar surface area (TPSA) is 76.1 Å². The van der Waals surface area contributed by atoms with Crippen LogP contribution in [0.4, 0.5) is 4.79 Å². The molecule has 1 aliphatic rings. The lowest BCUT2D eigenvalue weighted by molar-refractivity contribution is -0.144. The zero-order valence-electron chi connectivity index (χ0n) is 42.5. The third kappa shape index (κ3) is 38.5. The van der Waals surface area contributed by atoms with Crippen LogP contribution in [0.15, 0.2) is 0 Å². The Morgan fingerprint density at radius 1 is 0.460 bits per heavy atom. The van der Waals surface area contributed by atoms with Crippen molar-refractivity contribution in [3.63, 3.8) is 0 Å². The molecule has 372 valence electrons. The highest BCUT2D eigenvalue weighted by Crippen LogP contribution is 2.25. The highest BCUT2D eigenvalue weighted by atomic mass is 32.2. The second-order valence-electron chi connectivity index (χ2n) is 19.5. The summed E-state index contributed by atoms with van der Waals surface area (Å²) in [4.78, 5) is 42.9. The van der Waals surface area contributed by atoms with E-state index in [0.29, 0.717) is 26.1 Å². The zero-order valence-corrected chi connectivity index (χ0v) is 43.3. The second kappa shape index (κ2) is 45.9. The summed E-state index contributed by atoms with van der Waals surface area (Å²) in [6, 6.07) is 0. The fraction of sp³-hybridized carbons (Fsp3) is 0.945. The molecule has 1 aliphatic heterocycles. The van der Waals surface area contributed by atoms with Crippen LogP contribution in [-0.2, 0) is 19.1 Å². The predicted octanol–water partition coefficient (Wildman–Crippen LogP) is 16.7. The Morgan fingerprint density at radius 3 is 1.21 bits per heavy atom. The Bertz CT molecular complexity index is 937. The van der Waals surface area contributed by atoms with Gasteiger partial charge in [0.2, 0.25) is 0 Å². The van der Waals surface area contributed by atoms with Gasteiger partial charge >= 0.3 is 11.9 Å². The van der Waals surface area contributed by atoms with Crippen LogP contribution < -0.4 is 0 Å². The summed E-state index contributed by atoms with van der Waals surface area (Å²) in [5.41, 5.74) is 0. The molecule has 0 spiro atoms. The summed E-state index contributed by atoms with van der Waals surface area (Å²) in [6.07, 6.45) is 45.0. The lowest BCUT2D eigenvalue weighted by atomic mass is 9.91. The van der Waals surface area contributed by atoms with E-state index in [1.807, 2.05) is 0 Å². The molecule has 8 heteroatoms. The number of carbonyl (C=O) groups is 3. The van der Waals surface area contributed by atoms with Gasteiger partial charge in [-0.1, -0.05) is 206 Å². The van der Waals surface area contributed by atoms with Gasteiger partial charge in [0.15, 0.2) is 0 Å². The average molecular weight is 908 g/mol. The molecule has 63 heavy (non-hydrogen) atoms. The van der Waals surface area contributed by atoms with Gasteiger partial charge in [-0.25, -0.2) is 0 Å². The molecule has 0 aromatic carbocycles. The lowest BCUT2D eigenvalue weighted by Gasteiger charge is -2.23. The third-order valence-corrected chi connectivity index (χ3v) is 14.5. The molecule has 7 nitrogen and oxygen atoms in total. The largest absolute Gasteiger partial charge is 0.466 e. The minimum atomic E-state index is -0.0319. The summed E-state index contributed by atoms with van der Waals surface area (Å²) in [7, 11) is 0. The minimum absolute atomic E-state index is 0.0319. The molecule has 0 aromatic heterocycles. The Hall–Kier alpha value is -1.28. The normalized spacial score (nSPS) is 13.1. The molecule has 0 aliphatic carbocycles. The van der Waals surface area contributed by atoms with Gasteiger partial charge in [-0.05, 0) is 89.1 Å². The molecule has 0 atom stereocenters. The van der Waals surface area contributed by atoms with Crippen LogP contribution in [-0.4, -0.2) is 78.7 Å². The van der Waals surface area contributed by atoms with Crippen molar-refractivity contribution in [2.45, 2.75) is 272 Å². The van der Waals surface area contributed by atoms with E-state index in [1.165, 1.54) is 179 Å². The van der Waals surface area contributed by atoms with E-state index in [1.54, 1.807) is 0 Å². The maximum Gasteiger partial charge on any atom is 0.305 e. The molecule has 0 N–H and O–H groups in total. The molecule has 1 rings (SSSR count). The van der Waals surface area contributed by atoms with Gasteiger partial charge in [0.1, 0.15) is 0 Å². The quantitative estimate of drug-likeness (QED) is 0.0445. The molecule has 1 fully saturated rings. The van der Waals surface area contributed by atoms with Crippen molar-refractivity contribution in [2.24, 2.45) is 11.8 Å². The van der Waals surface area contributed by atoms with Gasteiger partial charge in [-0.3, -0.25) is 14.4 Å². The smallest absolute Gasteiger partial charge is 0.305 e. The fourth-order valence-electron chi connectivity index (χ4n) is 9.42. The molecular formula is C55H106N2O5S. The van der Waals surface area contributed by atoms with E-state index in [-0.39, 0.29) is 17.2 Å². The van der Waals surface area contributed by atoms with Crippen LogP contribution in [0.25, 0.3) is 0 Å². The lowest BCUT2D eigenvalue weighted by Crippen LogP contribution is -2.31. The van der Waals surface area contributed by atoms with Crippen molar-refractivity contribution in [1.82, 2.24) is 9.80 Å². The monoisotopic (exact) mass is 907 g/mol. The van der Waals surface area contributed by atoms with E-state index in [4.69, 9.17) is 9.47 Å². The van der Waals surface area contributed by atoms with Crippen LogP contribution in [0.2, 0.25) is 0 Å². The number of likely N-dealkylation sites (tertiary alicyclic amines) is 1. The highest BCUT2D eigenvalue weighted by molar-refractivity contribution is 8.13. The Morgan fingerprint density at radius 2 is 0.810 bits per heavy atom. The summed E-state index contributed by atoms with van der Waals surface area (Å²) in [5.74, 6) is 2.39. The van der Waals surface area contributed by atoms with Gasteiger partial charge in [-0.2, -0.15) is 0 Å². The fourth-order valence-corrected chi connectivity index (χ4v) is 10.3. The van der Waals surface area contributed by atoms with Crippen molar-refractivity contribution >= 4 is 28.9 Å². The number of carbonyl (C=O) groups excluding carboxylic acids is 3. The molecule has 0 saturated carbocycles. The maximum absolute atomic E-state index is 13.3. The van der Waals surface area contributed by atoms with E-state index in [0.717, 1.165) is 114 Å². The van der Waals surface area contributed by atoms with Gasteiger partial charge < -0.3 is 19.3 Å². The molecule has 1 amide bonds. The number of unbranched alkanes of at least 4 members (excludes halogenated alkanes) is 20. The summed E-state index contributed by atoms with van der Waals surface area (Å²) < 4.78 is 11.3. The first kappa shape index (κ1) is 59.7. The minimum Gasteiger partial charge on any atom is -0.466 e. The molecule has 0 aromatic rings. The number of amides is 1. The van der Waals surface area contributed by atoms with Crippen molar-refractivity contribution in [3.05, 3.63) is 0 Å². The van der Waals surface area contributed by atoms with E-state index >= 15 is 0 Å². The van der Waals surface area contributed by atoms with Crippen molar-refractivity contribution in [2.75, 3.05) is 51.7 Å². The summed E-state index contributed by atoms with van der Waals surface area (Å²) in [5, 5.41) is 0.235. The SMILES string of the molecule is CCCCCCC(CCCCCC)CCCOC(=O)CCCCCCCN(CCCCCCCC(=O)OCCCC(CCCCCC)CCCCCC)C(=O)SCCN1CCCC1. The molecule has 1 saturated heterocycles. The zero-order chi connectivity index (χ0) is 45.7. The van der Waals surface area contributed by atoms with Gasteiger partial charge in [0.25, 0.3) is 5.24 Å². The van der Waals surface area contributed by atoms with Gasteiger partial charge in [0, 0.05) is 38.2 Å². The Balaban J connectivity index is 2.28. The first-order valence-electron chi connectivity index (χ1n) is 27.9. The third-order valence-electron chi connectivity index (χ3n) is 13.6. The van der Waals surface area contributed by atoms with Gasteiger partial charge in [0.05, 0.1) is 13.2 Å². The summed E-state index contributed by atoms with van der Waals surface area (Å²) in [6.45, 7) is 15.3. The summed E-state index contributed by atoms with van der Waals surface area (Å²) >= 11 is 1.50. The molecular weight excluding hydrogens is 801 g/mol. The number of rotatable bonds is 47. The van der Waals surface area contributed by atoms with Gasteiger partial charge in [-0.15, -0.1) is 0 Å². The van der Waals surface area contributed by atoms with Crippen molar-refractivity contribution in [3.8, 4) is 0 Å². The molecule has 0 bridgehead atoms. The first-order chi connectivity index (χ1) is 30.9. The van der Waals surface area contributed by atoms with Crippen LogP contribution in [0, 0.1) is 11.8 Å². The number of nitrogens with zero attached hydrogens (tertiary/aromatic N) is 2. The highest BCUT2D eigenvalue weighted by Gasteiger charge is 2.17. The van der Waals surface area contributed by atoms with Crippen LogP contribution in [0.1, 0.15) is 272 Å². The number of hydrogen-bond donors (Lipinski definition) is 0. The number of hydrogen-bond acceptors (Lipinski definition) is 7. The van der Waals surface area contributed by atoms with Crippen LogP contribution >= 0.6 is 11.8 Å². The van der Waals surface area contributed by atoms with E-state index in [2.05, 4.69) is 37.5 Å². The standard InChI is InChI=1S/C55H106N2O5S/c1-5-9-13-23-35-51(36-24-14-10-6-2)39-33-48-61-53(58)41-27-19-17-21-29-45-57(55(60)63-50-47-56-43-31-32-44-56)46-30-22-18-20-28-42-54(59)62-49-34-40-52(37-25-15-11-7-3)38-26-16-12-8-4/h51-52H,5-50H2,1-4H3. The second-order valence-corrected chi connectivity index (χ2v) is 20.6. The van der Waals surface area contributed by atoms with Crippen molar-refractivity contribution < 1.29 is 23.9 Å². The number of esters is 2. The molecule has 0 unspecified atom stereocenters. The maximum atomic E-state index is 13.3. The number of thioether (sulfide) groups is 1. The Kier molecular flexibility index (Phi) is 43.5. The molecule has 0 radical (unpaired) electrons. The number of ether oxygens (including phenoxy) is 2. The van der Waals surface area contributed by atoms with Crippen LogP contribution in [0.3, 0.4) is 0 Å². The Labute approximate surface area is 396 Å². The van der Waals surface area contributed by atoms with E-state index in [9.17, 15) is 14.4 Å². The predicted molar refractivity (Wildman–Crippen MR) is 273 cm³/mol. The van der Waals surface area contributed by atoms with Crippen LogP contribution in [0.5, 0.6) is 0 Å².